The number of benzene rings is 1. The molecule has 0 aromatic heterocycles. The molecule has 0 radical (unpaired) electrons. The van der Waals surface area contributed by atoms with Gasteiger partial charge < -0.3 is 15.5 Å². The fraction of sp³-hybridized carbons (Fsp3) is 0.593. The molecule has 174 valence electrons. The molecule has 1 aliphatic heterocycles. The van der Waals surface area contributed by atoms with Gasteiger partial charge in [0.1, 0.15) is 5.82 Å². The maximum atomic E-state index is 13.7. The number of rotatable bonds is 7. The number of amides is 2. The first-order valence-electron chi connectivity index (χ1n) is 12.5. The van der Waals surface area contributed by atoms with Crippen LogP contribution >= 0.6 is 0 Å². The lowest BCUT2D eigenvalue weighted by molar-refractivity contribution is 0.162. The van der Waals surface area contributed by atoms with Crippen LogP contribution in [0.2, 0.25) is 0 Å². The molecule has 4 rings (SSSR count). The van der Waals surface area contributed by atoms with Crippen LogP contribution in [0.15, 0.2) is 47.6 Å². The molecule has 2 N–H and O–H groups in total. The quantitative estimate of drug-likeness (QED) is 0.558. The van der Waals surface area contributed by atoms with Crippen LogP contribution in [0.25, 0.3) is 0 Å². The van der Waals surface area contributed by atoms with Gasteiger partial charge in [0.15, 0.2) is 0 Å². The summed E-state index contributed by atoms with van der Waals surface area (Å²) in [6.45, 7) is 6.05. The second-order valence-electron chi connectivity index (χ2n) is 9.68. The van der Waals surface area contributed by atoms with Gasteiger partial charge in [-0.2, -0.15) is 0 Å². The monoisotopic (exact) mass is 439 g/mol. The van der Waals surface area contributed by atoms with Crippen LogP contribution in [0.5, 0.6) is 0 Å². The van der Waals surface area contributed by atoms with E-state index in [1.807, 2.05) is 17.0 Å². The number of allylic oxidation sites excluding steroid dienone is 1. The number of nitrogens with zero attached hydrogens (tertiary/aromatic N) is 1. The Morgan fingerprint density at radius 1 is 1.16 bits per heavy atom. The Morgan fingerprint density at radius 3 is 2.66 bits per heavy atom. The lowest BCUT2D eigenvalue weighted by Crippen LogP contribution is -2.56. The Kier molecular flexibility index (Phi) is 7.67. The first-order valence-corrected chi connectivity index (χ1v) is 12.5. The van der Waals surface area contributed by atoms with Crippen LogP contribution in [-0.2, 0) is 0 Å². The molecule has 1 heterocycles. The number of unbranched alkanes of at least 4 members (excludes halogenated alkanes) is 1. The minimum Gasteiger partial charge on any atom is -0.335 e. The van der Waals surface area contributed by atoms with E-state index < -0.39 is 0 Å². The van der Waals surface area contributed by atoms with Crippen molar-refractivity contribution in [2.75, 3.05) is 13.1 Å². The number of hydrogen-bond acceptors (Lipinski definition) is 2. The molecule has 1 saturated carbocycles. The van der Waals surface area contributed by atoms with Crippen molar-refractivity contribution in [1.82, 2.24) is 15.5 Å². The highest BCUT2D eigenvalue weighted by atomic mass is 19.1. The summed E-state index contributed by atoms with van der Waals surface area (Å²) in [6, 6.07) is 7.31. The van der Waals surface area contributed by atoms with Gasteiger partial charge in [-0.15, -0.1) is 0 Å². The van der Waals surface area contributed by atoms with Crippen molar-refractivity contribution < 1.29 is 9.18 Å². The van der Waals surface area contributed by atoms with Gasteiger partial charge >= 0.3 is 6.03 Å². The third-order valence-electron chi connectivity index (χ3n) is 7.34. The summed E-state index contributed by atoms with van der Waals surface area (Å²) in [5.74, 6) is 0.445. The van der Waals surface area contributed by atoms with E-state index in [0.717, 1.165) is 44.2 Å². The molecule has 1 aromatic rings. The SMILES string of the molecule is CCCCC1CC=CC2=C(CCN(C(=O)NC3CC(NCC)C3)[C@H]2c2ccc(F)cc2)C1. The van der Waals surface area contributed by atoms with Crippen molar-refractivity contribution in [3.05, 3.63) is 58.9 Å². The Hall–Kier alpha value is -2.14. The smallest absolute Gasteiger partial charge is 0.318 e. The lowest BCUT2D eigenvalue weighted by atomic mass is 9.84. The van der Waals surface area contributed by atoms with Crippen molar-refractivity contribution >= 4 is 6.03 Å². The minimum atomic E-state index is -0.241. The third kappa shape index (κ3) is 5.25. The summed E-state index contributed by atoms with van der Waals surface area (Å²) >= 11 is 0. The van der Waals surface area contributed by atoms with E-state index in [2.05, 4.69) is 36.6 Å². The zero-order valence-electron chi connectivity index (χ0n) is 19.6. The van der Waals surface area contributed by atoms with Crippen LogP contribution in [0, 0.1) is 11.7 Å². The summed E-state index contributed by atoms with van der Waals surface area (Å²) < 4.78 is 13.7. The van der Waals surface area contributed by atoms with E-state index in [1.54, 1.807) is 0 Å². The van der Waals surface area contributed by atoms with Gasteiger partial charge in [-0.1, -0.05) is 56.5 Å². The summed E-state index contributed by atoms with van der Waals surface area (Å²) in [5.41, 5.74) is 3.72. The highest BCUT2D eigenvalue weighted by Gasteiger charge is 2.37. The first kappa shape index (κ1) is 23.0. The van der Waals surface area contributed by atoms with Crippen LogP contribution in [0.3, 0.4) is 0 Å². The Morgan fingerprint density at radius 2 is 1.94 bits per heavy atom. The van der Waals surface area contributed by atoms with Crippen molar-refractivity contribution in [3.8, 4) is 0 Å². The van der Waals surface area contributed by atoms with Crippen molar-refractivity contribution in [3.63, 3.8) is 0 Å². The topological polar surface area (TPSA) is 44.4 Å². The van der Waals surface area contributed by atoms with Gasteiger partial charge in [-0.25, -0.2) is 9.18 Å². The number of carbonyl (C=O) groups excluding carboxylic acids is 1. The number of carbonyl (C=O) groups is 1. The average molecular weight is 440 g/mol. The molecular formula is C27H38FN3O. The van der Waals surface area contributed by atoms with Crippen molar-refractivity contribution in [2.24, 2.45) is 5.92 Å². The molecule has 32 heavy (non-hydrogen) atoms. The number of nitrogens with one attached hydrogen (secondary N) is 2. The van der Waals surface area contributed by atoms with Crippen LogP contribution < -0.4 is 10.6 Å². The normalized spacial score (nSPS) is 27.5. The van der Waals surface area contributed by atoms with E-state index in [-0.39, 0.29) is 23.9 Å². The maximum absolute atomic E-state index is 13.7. The molecule has 4 nitrogen and oxygen atoms in total. The number of hydrogen-bond donors (Lipinski definition) is 2. The van der Waals surface area contributed by atoms with Gasteiger partial charge in [0.05, 0.1) is 6.04 Å². The lowest BCUT2D eigenvalue weighted by Gasteiger charge is -2.42. The fourth-order valence-electron chi connectivity index (χ4n) is 5.52. The first-order chi connectivity index (χ1) is 15.6. The van der Waals surface area contributed by atoms with Gasteiger partial charge in [0, 0.05) is 18.6 Å². The van der Waals surface area contributed by atoms with E-state index in [4.69, 9.17) is 0 Å². The standard InChI is InChI=1S/C27H38FN3O/c1-3-5-7-19-8-6-9-25-21(16-19)14-15-31(26(25)20-10-12-22(28)13-11-20)27(32)30-24-17-23(18-24)29-4-2/h6,9-13,19,23-24,26,29H,3-5,7-8,14-18H2,1-2H3,(H,30,32)/t19?,23?,24?,26-/m0/s1. The molecule has 1 fully saturated rings. The molecule has 2 aliphatic carbocycles. The molecule has 1 unspecified atom stereocenters. The predicted octanol–water partition coefficient (Wildman–Crippen LogP) is 5.88. The fourth-order valence-corrected chi connectivity index (χ4v) is 5.52. The Balaban J connectivity index is 1.55. The predicted molar refractivity (Wildman–Crippen MR) is 128 cm³/mol. The average Bonchev–Trinajstić information content (AvgIpc) is 2.98. The van der Waals surface area contributed by atoms with Crippen LogP contribution in [0.4, 0.5) is 9.18 Å². The highest BCUT2D eigenvalue weighted by Crippen LogP contribution is 2.41. The zero-order valence-corrected chi connectivity index (χ0v) is 19.6. The Bertz CT molecular complexity index is 841. The molecule has 0 saturated heterocycles. The van der Waals surface area contributed by atoms with E-state index >= 15 is 0 Å². The molecule has 5 heteroatoms. The van der Waals surface area contributed by atoms with Gasteiger partial charge in [0.2, 0.25) is 0 Å². The minimum absolute atomic E-state index is 0.00556. The van der Waals surface area contributed by atoms with Gasteiger partial charge in [0.25, 0.3) is 0 Å². The van der Waals surface area contributed by atoms with Crippen LogP contribution in [0.1, 0.15) is 76.8 Å². The summed E-state index contributed by atoms with van der Waals surface area (Å²) in [7, 11) is 0. The van der Waals surface area contributed by atoms with E-state index in [1.165, 1.54) is 42.5 Å². The second-order valence-corrected chi connectivity index (χ2v) is 9.68. The third-order valence-corrected chi connectivity index (χ3v) is 7.34. The molecule has 0 spiro atoms. The maximum Gasteiger partial charge on any atom is 0.318 e. The molecule has 3 aliphatic rings. The molecule has 0 bridgehead atoms. The van der Waals surface area contributed by atoms with Crippen molar-refractivity contribution in [1.29, 1.82) is 0 Å². The summed E-state index contributed by atoms with van der Waals surface area (Å²) in [6.07, 6.45) is 13.4. The largest absolute Gasteiger partial charge is 0.335 e. The van der Waals surface area contributed by atoms with E-state index in [0.29, 0.717) is 18.5 Å². The van der Waals surface area contributed by atoms with Gasteiger partial charge in [-0.05, 0) is 74.3 Å². The molecule has 2 atom stereocenters. The molecular weight excluding hydrogens is 401 g/mol. The van der Waals surface area contributed by atoms with E-state index in [9.17, 15) is 9.18 Å². The number of halogens is 1. The van der Waals surface area contributed by atoms with Crippen LogP contribution in [-0.4, -0.2) is 36.1 Å². The number of urea groups is 1. The van der Waals surface area contributed by atoms with Gasteiger partial charge in [-0.3, -0.25) is 0 Å². The van der Waals surface area contributed by atoms with Crippen molar-refractivity contribution in [2.45, 2.75) is 83.3 Å². The summed E-state index contributed by atoms with van der Waals surface area (Å²) in [4.78, 5) is 15.3. The zero-order chi connectivity index (χ0) is 22.5. The highest BCUT2D eigenvalue weighted by molar-refractivity contribution is 5.76. The Labute approximate surface area is 192 Å². The molecule has 2 amide bonds. The molecule has 1 aromatic carbocycles. The second kappa shape index (κ2) is 10.7. The summed E-state index contributed by atoms with van der Waals surface area (Å²) in [5, 5.41) is 6.71.